The molecule has 1 aromatic carbocycles. The highest BCUT2D eigenvalue weighted by Crippen LogP contribution is 2.31. The molecule has 0 bridgehead atoms. The van der Waals surface area contributed by atoms with Gasteiger partial charge < -0.3 is 14.7 Å². The molecule has 0 spiro atoms. The smallest absolute Gasteiger partial charge is 0.407 e. The molecule has 5 heteroatoms. The second-order valence-corrected chi connectivity index (χ2v) is 4.95. The molecule has 1 atom stereocenters. The lowest BCUT2D eigenvalue weighted by Crippen LogP contribution is -2.28. The Morgan fingerprint density at radius 3 is 2.65 bits per heavy atom. The van der Waals surface area contributed by atoms with Crippen molar-refractivity contribution in [3.05, 3.63) is 35.4 Å². The zero-order valence-electron chi connectivity index (χ0n) is 11.5. The van der Waals surface area contributed by atoms with E-state index in [-0.39, 0.29) is 12.0 Å². The third kappa shape index (κ3) is 3.29. The van der Waals surface area contributed by atoms with Crippen molar-refractivity contribution in [2.75, 3.05) is 13.7 Å². The van der Waals surface area contributed by atoms with Crippen LogP contribution in [0.15, 0.2) is 24.3 Å². The Morgan fingerprint density at radius 1 is 1.35 bits per heavy atom. The standard InChI is InChI=1S/C15H19NO4/c1-20-14(17)9-6-11-4-7-12(8-5-11)13-3-2-10-16(13)15(18)19/h4-5,7-8,13H,2-3,6,9-10H2,1H3,(H,18,19). The fraction of sp³-hybridized carbons (Fsp3) is 0.467. The molecule has 1 unspecified atom stereocenters. The number of hydrogen-bond donors (Lipinski definition) is 1. The minimum atomic E-state index is -0.859. The summed E-state index contributed by atoms with van der Waals surface area (Å²) >= 11 is 0. The highest BCUT2D eigenvalue weighted by Gasteiger charge is 2.29. The highest BCUT2D eigenvalue weighted by atomic mass is 16.5. The number of carbonyl (C=O) groups is 2. The van der Waals surface area contributed by atoms with Crippen LogP contribution in [-0.4, -0.2) is 35.7 Å². The van der Waals surface area contributed by atoms with Crippen LogP contribution in [-0.2, 0) is 16.0 Å². The van der Waals surface area contributed by atoms with Gasteiger partial charge in [0.1, 0.15) is 0 Å². The van der Waals surface area contributed by atoms with E-state index in [0.717, 1.165) is 24.0 Å². The zero-order chi connectivity index (χ0) is 14.5. The number of methoxy groups -OCH3 is 1. The molecule has 1 aromatic rings. The van der Waals surface area contributed by atoms with Crippen LogP contribution in [0.2, 0.25) is 0 Å². The summed E-state index contributed by atoms with van der Waals surface area (Å²) in [6.45, 7) is 0.601. The minimum absolute atomic E-state index is 0.0397. The summed E-state index contributed by atoms with van der Waals surface area (Å²) in [6, 6.07) is 7.78. The van der Waals surface area contributed by atoms with Crippen LogP contribution < -0.4 is 0 Å². The molecule has 1 N–H and O–H groups in total. The summed E-state index contributed by atoms with van der Waals surface area (Å²) in [4.78, 5) is 23.7. The lowest BCUT2D eigenvalue weighted by molar-refractivity contribution is -0.140. The Morgan fingerprint density at radius 2 is 2.05 bits per heavy atom. The number of carbonyl (C=O) groups excluding carboxylic acids is 1. The number of hydrogen-bond acceptors (Lipinski definition) is 3. The Balaban J connectivity index is 2.01. The minimum Gasteiger partial charge on any atom is -0.469 e. The largest absolute Gasteiger partial charge is 0.469 e. The maximum absolute atomic E-state index is 11.1. The van der Waals surface area contributed by atoms with Crippen molar-refractivity contribution >= 4 is 12.1 Å². The van der Waals surface area contributed by atoms with Gasteiger partial charge in [-0.15, -0.1) is 0 Å². The SMILES string of the molecule is COC(=O)CCc1ccc(C2CCCN2C(=O)O)cc1. The second kappa shape index (κ2) is 6.41. The van der Waals surface area contributed by atoms with E-state index in [4.69, 9.17) is 5.11 Å². The predicted molar refractivity (Wildman–Crippen MR) is 73.5 cm³/mol. The second-order valence-electron chi connectivity index (χ2n) is 4.95. The molecule has 0 saturated carbocycles. The van der Waals surface area contributed by atoms with Gasteiger partial charge in [0.25, 0.3) is 0 Å². The summed E-state index contributed by atoms with van der Waals surface area (Å²) < 4.78 is 4.61. The molecule has 5 nitrogen and oxygen atoms in total. The summed E-state index contributed by atoms with van der Waals surface area (Å²) in [7, 11) is 1.38. The number of ether oxygens (including phenoxy) is 1. The van der Waals surface area contributed by atoms with E-state index in [0.29, 0.717) is 19.4 Å². The molecule has 1 amide bonds. The van der Waals surface area contributed by atoms with Crippen molar-refractivity contribution in [1.82, 2.24) is 4.90 Å². The average Bonchev–Trinajstić information content (AvgIpc) is 2.95. The normalized spacial score (nSPS) is 18.1. The third-order valence-corrected chi connectivity index (χ3v) is 3.71. The van der Waals surface area contributed by atoms with Gasteiger partial charge in [0.15, 0.2) is 0 Å². The summed E-state index contributed by atoms with van der Waals surface area (Å²) in [5.74, 6) is -0.220. The number of esters is 1. The number of carboxylic acid groups (broad SMARTS) is 1. The molecule has 1 saturated heterocycles. The number of likely N-dealkylation sites (tertiary alicyclic amines) is 1. The van der Waals surface area contributed by atoms with Gasteiger partial charge >= 0.3 is 12.1 Å². The lowest BCUT2D eigenvalue weighted by atomic mass is 10.0. The monoisotopic (exact) mass is 277 g/mol. The Labute approximate surface area is 118 Å². The third-order valence-electron chi connectivity index (χ3n) is 3.71. The molecule has 1 fully saturated rings. The van der Waals surface area contributed by atoms with Crippen molar-refractivity contribution in [2.24, 2.45) is 0 Å². The first kappa shape index (κ1) is 14.4. The fourth-order valence-corrected chi connectivity index (χ4v) is 2.60. The Bertz CT molecular complexity index is 483. The summed E-state index contributed by atoms with van der Waals surface area (Å²) in [5, 5.41) is 9.15. The van der Waals surface area contributed by atoms with Crippen LogP contribution in [0.4, 0.5) is 4.79 Å². The molecular weight excluding hydrogens is 258 g/mol. The summed E-state index contributed by atoms with van der Waals surface area (Å²) in [6.07, 6.45) is 1.91. The van der Waals surface area contributed by atoms with Gasteiger partial charge in [-0.05, 0) is 30.4 Å². The van der Waals surface area contributed by atoms with Gasteiger partial charge in [-0.2, -0.15) is 0 Å². The van der Waals surface area contributed by atoms with Gasteiger partial charge in [0.05, 0.1) is 13.2 Å². The van der Waals surface area contributed by atoms with Crippen molar-refractivity contribution in [2.45, 2.75) is 31.7 Å². The van der Waals surface area contributed by atoms with E-state index in [1.807, 2.05) is 24.3 Å². The van der Waals surface area contributed by atoms with Crippen LogP contribution in [0.5, 0.6) is 0 Å². The van der Waals surface area contributed by atoms with E-state index in [9.17, 15) is 9.59 Å². The van der Waals surface area contributed by atoms with Crippen LogP contribution in [0, 0.1) is 0 Å². The molecule has 1 heterocycles. The van der Waals surface area contributed by atoms with E-state index >= 15 is 0 Å². The Hall–Kier alpha value is -2.04. The molecule has 20 heavy (non-hydrogen) atoms. The van der Waals surface area contributed by atoms with E-state index in [1.54, 1.807) is 0 Å². The van der Waals surface area contributed by atoms with E-state index in [2.05, 4.69) is 4.74 Å². The maximum Gasteiger partial charge on any atom is 0.407 e. The van der Waals surface area contributed by atoms with Gasteiger partial charge in [0, 0.05) is 13.0 Å². The van der Waals surface area contributed by atoms with Crippen molar-refractivity contribution in [1.29, 1.82) is 0 Å². The van der Waals surface area contributed by atoms with Crippen LogP contribution in [0.25, 0.3) is 0 Å². The van der Waals surface area contributed by atoms with Crippen LogP contribution in [0.1, 0.15) is 36.4 Å². The number of rotatable bonds is 4. The van der Waals surface area contributed by atoms with Gasteiger partial charge in [-0.1, -0.05) is 24.3 Å². The first-order chi connectivity index (χ1) is 9.61. The van der Waals surface area contributed by atoms with Crippen LogP contribution >= 0.6 is 0 Å². The maximum atomic E-state index is 11.1. The van der Waals surface area contributed by atoms with Crippen LogP contribution in [0.3, 0.4) is 0 Å². The number of nitrogens with zero attached hydrogens (tertiary/aromatic N) is 1. The average molecular weight is 277 g/mol. The first-order valence-corrected chi connectivity index (χ1v) is 6.77. The fourth-order valence-electron chi connectivity index (χ4n) is 2.60. The van der Waals surface area contributed by atoms with Gasteiger partial charge in [-0.3, -0.25) is 4.79 Å². The molecule has 0 radical (unpaired) electrons. The highest BCUT2D eigenvalue weighted by molar-refractivity contribution is 5.69. The molecule has 1 aliphatic rings. The van der Waals surface area contributed by atoms with E-state index < -0.39 is 6.09 Å². The number of benzene rings is 1. The molecule has 1 aliphatic heterocycles. The topological polar surface area (TPSA) is 66.8 Å². The first-order valence-electron chi connectivity index (χ1n) is 6.77. The lowest BCUT2D eigenvalue weighted by Gasteiger charge is -2.22. The summed E-state index contributed by atoms with van der Waals surface area (Å²) in [5.41, 5.74) is 2.07. The van der Waals surface area contributed by atoms with Gasteiger partial charge in [-0.25, -0.2) is 4.79 Å². The van der Waals surface area contributed by atoms with E-state index in [1.165, 1.54) is 12.0 Å². The van der Waals surface area contributed by atoms with Crippen molar-refractivity contribution < 1.29 is 19.4 Å². The zero-order valence-corrected chi connectivity index (χ0v) is 11.5. The number of amides is 1. The molecule has 0 aromatic heterocycles. The van der Waals surface area contributed by atoms with Crippen molar-refractivity contribution in [3.8, 4) is 0 Å². The Kier molecular flexibility index (Phi) is 4.61. The molecular formula is C15H19NO4. The number of aryl methyl sites for hydroxylation is 1. The quantitative estimate of drug-likeness (QED) is 0.859. The van der Waals surface area contributed by atoms with Crippen molar-refractivity contribution in [3.63, 3.8) is 0 Å². The van der Waals surface area contributed by atoms with Gasteiger partial charge in [0.2, 0.25) is 0 Å². The molecule has 108 valence electrons. The molecule has 0 aliphatic carbocycles. The molecule has 2 rings (SSSR count). The predicted octanol–water partition coefficient (Wildman–Crippen LogP) is 2.61.